The Labute approximate surface area is 78.2 Å². The molecule has 0 amide bonds. The first-order chi connectivity index (χ1) is 5.15. The lowest BCUT2D eigenvalue weighted by Crippen LogP contribution is -2.09. The summed E-state index contributed by atoms with van der Waals surface area (Å²) in [5, 5.41) is 9.33. The lowest BCUT2D eigenvalue weighted by molar-refractivity contribution is 0.190. The van der Waals surface area contributed by atoms with Crippen LogP contribution in [0.25, 0.3) is 0 Å². The fourth-order valence-corrected chi connectivity index (χ4v) is 2.32. The third-order valence-corrected chi connectivity index (χ3v) is 3.67. The van der Waals surface area contributed by atoms with Gasteiger partial charge in [-0.2, -0.15) is 0 Å². The Morgan fingerprint density at radius 1 is 1.82 bits per heavy atom. The maximum Gasteiger partial charge on any atom is 0.100 e. The van der Waals surface area contributed by atoms with E-state index in [4.69, 9.17) is 5.73 Å². The van der Waals surface area contributed by atoms with Gasteiger partial charge < -0.3 is 10.8 Å². The Bertz CT molecular complexity index is 229. The number of hydrogen-bond acceptors (Lipinski definition) is 3. The lowest BCUT2D eigenvalue weighted by atomic mass is 10.3. The molecule has 1 atom stereocenters. The molecular weight excluding hydrogens is 226 g/mol. The van der Waals surface area contributed by atoms with Crippen molar-refractivity contribution in [3.63, 3.8) is 0 Å². The Morgan fingerprint density at radius 2 is 2.45 bits per heavy atom. The van der Waals surface area contributed by atoms with Crippen LogP contribution in [-0.2, 0) is 0 Å². The number of hydrogen-bond donors (Lipinski definition) is 2. The van der Waals surface area contributed by atoms with Gasteiger partial charge in [-0.3, -0.25) is 0 Å². The van der Waals surface area contributed by atoms with Gasteiger partial charge in [0, 0.05) is 20.8 Å². The Morgan fingerprint density at radius 3 is 2.82 bits per heavy atom. The van der Waals surface area contributed by atoms with Crippen LogP contribution < -0.4 is 5.73 Å². The maximum absolute atomic E-state index is 9.33. The van der Waals surface area contributed by atoms with E-state index < -0.39 is 6.10 Å². The van der Waals surface area contributed by atoms with Crippen LogP contribution in [-0.4, -0.2) is 11.7 Å². The Balaban J connectivity index is 2.88. The minimum atomic E-state index is -0.509. The van der Waals surface area contributed by atoms with Gasteiger partial charge in [-0.15, -0.1) is 11.3 Å². The highest BCUT2D eigenvalue weighted by molar-refractivity contribution is 9.10. The zero-order chi connectivity index (χ0) is 8.43. The molecule has 0 unspecified atom stereocenters. The van der Waals surface area contributed by atoms with Crippen molar-refractivity contribution in [2.45, 2.75) is 13.0 Å². The summed E-state index contributed by atoms with van der Waals surface area (Å²) < 4.78 is 1.05. The van der Waals surface area contributed by atoms with E-state index in [1.165, 1.54) is 4.88 Å². The number of halogens is 1. The van der Waals surface area contributed by atoms with Gasteiger partial charge in [0.25, 0.3) is 0 Å². The smallest absolute Gasteiger partial charge is 0.100 e. The van der Waals surface area contributed by atoms with Gasteiger partial charge >= 0.3 is 0 Å². The first-order valence-electron chi connectivity index (χ1n) is 3.29. The van der Waals surface area contributed by atoms with Crippen molar-refractivity contribution in [1.29, 1.82) is 0 Å². The Kier molecular flexibility index (Phi) is 3.06. The number of nitrogens with two attached hydrogens (primary N) is 1. The molecule has 0 aliphatic heterocycles. The summed E-state index contributed by atoms with van der Waals surface area (Å²) in [7, 11) is 0. The van der Waals surface area contributed by atoms with Gasteiger partial charge in [0.1, 0.15) is 6.10 Å². The number of aliphatic hydroxyl groups is 1. The summed E-state index contributed by atoms with van der Waals surface area (Å²) >= 11 is 4.94. The molecule has 1 rings (SSSR count). The highest BCUT2D eigenvalue weighted by atomic mass is 79.9. The first-order valence-corrected chi connectivity index (χ1v) is 4.90. The molecule has 0 saturated heterocycles. The zero-order valence-electron chi connectivity index (χ0n) is 6.17. The van der Waals surface area contributed by atoms with Gasteiger partial charge in [-0.05, 0) is 28.9 Å². The third-order valence-electron chi connectivity index (χ3n) is 1.43. The molecule has 0 aromatic carbocycles. The molecule has 0 aliphatic rings. The minimum absolute atomic E-state index is 0.284. The van der Waals surface area contributed by atoms with Gasteiger partial charge in [0.15, 0.2) is 0 Å². The van der Waals surface area contributed by atoms with Crippen molar-refractivity contribution in [3.05, 3.63) is 20.3 Å². The van der Waals surface area contributed by atoms with Crippen molar-refractivity contribution in [2.24, 2.45) is 5.73 Å². The first kappa shape index (κ1) is 9.19. The Hall–Kier alpha value is 0.100. The number of rotatable bonds is 2. The molecule has 1 aromatic heterocycles. The zero-order valence-corrected chi connectivity index (χ0v) is 8.58. The van der Waals surface area contributed by atoms with Crippen molar-refractivity contribution >= 4 is 27.3 Å². The molecule has 4 heteroatoms. The van der Waals surface area contributed by atoms with E-state index in [9.17, 15) is 5.11 Å². The molecule has 0 bridgehead atoms. The van der Waals surface area contributed by atoms with E-state index in [1.807, 2.05) is 13.0 Å². The van der Waals surface area contributed by atoms with Gasteiger partial charge in [0.2, 0.25) is 0 Å². The molecule has 0 radical (unpaired) electrons. The van der Waals surface area contributed by atoms with Crippen molar-refractivity contribution in [1.82, 2.24) is 0 Å². The number of thiophene rings is 1. The highest BCUT2D eigenvalue weighted by Gasteiger charge is 2.09. The molecule has 1 heterocycles. The second-order valence-corrected chi connectivity index (χ2v) is 4.45. The van der Waals surface area contributed by atoms with Crippen LogP contribution in [0, 0.1) is 6.92 Å². The van der Waals surface area contributed by atoms with E-state index in [-0.39, 0.29) is 6.54 Å². The van der Waals surface area contributed by atoms with Gasteiger partial charge in [-0.1, -0.05) is 0 Å². The second-order valence-electron chi connectivity index (χ2n) is 2.30. The molecule has 3 N–H and O–H groups in total. The molecule has 11 heavy (non-hydrogen) atoms. The predicted molar refractivity (Wildman–Crippen MR) is 50.8 cm³/mol. The fraction of sp³-hybridized carbons (Fsp3) is 0.429. The largest absolute Gasteiger partial charge is 0.386 e. The van der Waals surface area contributed by atoms with E-state index in [1.54, 1.807) is 11.3 Å². The summed E-state index contributed by atoms with van der Waals surface area (Å²) in [6, 6.07) is 1.91. The van der Waals surface area contributed by atoms with E-state index in [0.717, 1.165) is 9.35 Å². The fourth-order valence-electron chi connectivity index (χ4n) is 0.762. The van der Waals surface area contributed by atoms with Crippen molar-refractivity contribution in [2.75, 3.05) is 6.54 Å². The molecule has 2 nitrogen and oxygen atoms in total. The van der Waals surface area contributed by atoms with Gasteiger partial charge in [0.05, 0.1) is 0 Å². The standard InChI is InChI=1S/C7H10BrNOS/c1-4-5(8)2-7(11-4)6(10)3-9/h2,6,10H,3,9H2,1H3/t6-/m0/s1. The average molecular weight is 236 g/mol. The van der Waals surface area contributed by atoms with Crippen molar-refractivity contribution < 1.29 is 5.11 Å². The molecule has 0 spiro atoms. The SMILES string of the molecule is Cc1sc([C@@H](O)CN)cc1Br. The molecular formula is C7H10BrNOS. The summed E-state index contributed by atoms with van der Waals surface area (Å²) in [6.07, 6.45) is -0.509. The molecule has 0 fully saturated rings. The third kappa shape index (κ3) is 2.02. The topological polar surface area (TPSA) is 46.2 Å². The average Bonchev–Trinajstić information content (AvgIpc) is 2.31. The van der Waals surface area contributed by atoms with E-state index >= 15 is 0 Å². The second kappa shape index (κ2) is 3.67. The monoisotopic (exact) mass is 235 g/mol. The van der Waals surface area contributed by atoms with Crippen LogP contribution in [0.2, 0.25) is 0 Å². The number of aryl methyl sites for hydroxylation is 1. The van der Waals surface area contributed by atoms with Crippen LogP contribution >= 0.6 is 27.3 Å². The van der Waals surface area contributed by atoms with Crippen LogP contribution in [0.15, 0.2) is 10.5 Å². The normalized spacial score (nSPS) is 13.5. The summed E-state index contributed by atoms with van der Waals surface area (Å²) in [4.78, 5) is 2.10. The predicted octanol–water partition coefficient (Wildman–Crippen LogP) is 1.81. The van der Waals surface area contributed by atoms with E-state index in [0.29, 0.717) is 0 Å². The lowest BCUT2D eigenvalue weighted by Gasteiger charge is -2.01. The van der Waals surface area contributed by atoms with Crippen LogP contribution in [0.4, 0.5) is 0 Å². The minimum Gasteiger partial charge on any atom is -0.386 e. The highest BCUT2D eigenvalue weighted by Crippen LogP contribution is 2.29. The summed E-state index contributed by atoms with van der Waals surface area (Å²) in [6.45, 7) is 2.29. The quantitative estimate of drug-likeness (QED) is 0.822. The summed E-state index contributed by atoms with van der Waals surface area (Å²) in [5.74, 6) is 0. The van der Waals surface area contributed by atoms with Crippen LogP contribution in [0.5, 0.6) is 0 Å². The van der Waals surface area contributed by atoms with Crippen molar-refractivity contribution in [3.8, 4) is 0 Å². The molecule has 0 saturated carbocycles. The van der Waals surface area contributed by atoms with Crippen LogP contribution in [0.1, 0.15) is 15.9 Å². The number of aliphatic hydroxyl groups excluding tert-OH is 1. The summed E-state index contributed by atoms with van der Waals surface area (Å²) in [5.41, 5.74) is 5.30. The van der Waals surface area contributed by atoms with Gasteiger partial charge in [-0.25, -0.2) is 0 Å². The van der Waals surface area contributed by atoms with Crippen LogP contribution in [0.3, 0.4) is 0 Å². The van der Waals surface area contributed by atoms with E-state index in [2.05, 4.69) is 15.9 Å². The molecule has 62 valence electrons. The maximum atomic E-state index is 9.33. The molecule has 1 aromatic rings. The molecule has 0 aliphatic carbocycles.